The molecule has 1 aromatic carbocycles. The Morgan fingerprint density at radius 1 is 1.29 bits per heavy atom. The highest BCUT2D eigenvalue weighted by atomic mass is 35.5. The maximum Gasteiger partial charge on any atom is 0.244 e. The zero-order valence-electron chi connectivity index (χ0n) is 11.2. The van der Waals surface area contributed by atoms with E-state index in [-0.39, 0.29) is 23.0 Å². The number of hydrogen-bond donors (Lipinski definition) is 1. The van der Waals surface area contributed by atoms with Crippen LogP contribution < -0.4 is 5.73 Å². The Balaban J connectivity index is 2.40. The van der Waals surface area contributed by atoms with Crippen LogP contribution in [0, 0.1) is 0 Å². The minimum Gasteiger partial charge on any atom is -0.468 e. The fourth-order valence-corrected chi connectivity index (χ4v) is 3.88. The Bertz CT molecular complexity index is 730. The molecule has 0 aliphatic rings. The summed E-state index contributed by atoms with van der Waals surface area (Å²) in [6, 6.07) is 6.24. The Labute approximate surface area is 133 Å². The van der Waals surface area contributed by atoms with Gasteiger partial charge < -0.3 is 10.2 Å². The summed E-state index contributed by atoms with van der Waals surface area (Å²) in [5.74, 6) is 0.533. The number of halogens is 2. The Morgan fingerprint density at radius 3 is 2.57 bits per heavy atom. The van der Waals surface area contributed by atoms with Crippen LogP contribution in [-0.2, 0) is 23.1 Å². The highest BCUT2D eigenvalue weighted by Gasteiger charge is 2.26. The van der Waals surface area contributed by atoms with Crippen molar-refractivity contribution in [3.05, 3.63) is 51.9 Å². The maximum atomic E-state index is 12.6. The van der Waals surface area contributed by atoms with Crippen molar-refractivity contribution in [3.63, 3.8) is 0 Å². The van der Waals surface area contributed by atoms with E-state index in [1.807, 2.05) is 0 Å². The lowest BCUT2D eigenvalue weighted by molar-refractivity contribution is 0.406. The molecule has 2 N–H and O–H groups in total. The van der Waals surface area contributed by atoms with Crippen LogP contribution in [0.25, 0.3) is 0 Å². The molecule has 1 aromatic heterocycles. The molecule has 0 aliphatic carbocycles. The van der Waals surface area contributed by atoms with Gasteiger partial charge in [-0.05, 0) is 24.3 Å². The number of benzene rings is 1. The molecule has 0 atom stereocenters. The number of hydrogen-bond acceptors (Lipinski definition) is 4. The summed E-state index contributed by atoms with van der Waals surface area (Å²) in [7, 11) is -2.32. The SMILES string of the molecule is CN(Cc1ccco1)S(=O)(=O)c1ccc(Cl)c(CN)c1Cl. The van der Waals surface area contributed by atoms with E-state index in [1.165, 1.54) is 25.4 Å². The summed E-state index contributed by atoms with van der Waals surface area (Å²) in [6.45, 7) is 0.162. The van der Waals surface area contributed by atoms with Gasteiger partial charge in [-0.2, -0.15) is 4.31 Å². The van der Waals surface area contributed by atoms with Crippen molar-refractivity contribution >= 4 is 33.2 Å². The standard InChI is InChI=1S/C13H14Cl2N2O3S/c1-17(8-9-3-2-6-20-9)21(18,19)12-5-4-11(14)10(7-16)13(12)15/h2-6H,7-8,16H2,1H3. The Hall–Kier alpha value is -1.05. The molecule has 114 valence electrons. The number of nitrogens with zero attached hydrogens (tertiary/aromatic N) is 1. The van der Waals surface area contributed by atoms with Crippen molar-refractivity contribution in [3.8, 4) is 0 Å². The number of sulfonamides is 1. The highest BCUT2D eigenvalue weighted by molar-refractivity contribution is 7.89. The maximum absolute atomic E-state index is 12.6. The monoisotopic (exact) mass is 348 g/mol. The van der Waals surface area contributed by atoms with Gasteiger partial charge in [-0.15, -0.1) is 0 Å². The van der Waals surface area contributed by atoms with Gasteiger partial charge in [-0.1, -0.05) is 23.2 Å². The number of furan rings is 1. The first-order valence-corrected chi connectivity index (χ1v) is 8.23. The molecular weight excluding hydrogens is 335 g/mol. The van der Waals surface area contributed by atoms with E-state index in [0.29, 0.717) is 16.3 Å². The topological polar surface area (TPSA) is 76.5 Å². The van der Waals surface area contributed by atoms with Crippen molar-refractivity contribution in [2.45, 2.75) is 18.0 Å². The van der Waals surface area contributed by atoms with Gasteiger partial charge in [0.15, 0.2) is 0 Å². The second kappa shape index (κ2) is 6.37. The molecule has 0 aliphatic heterocycles. The van der Waals surface area contributed by atoms with Crippen LogP contribution in [0.3, 0.4) is 0 Å². The van der Waals surface area contributed by atoms with Crippen LogP contribution in [0.15, 0.2) is 39.8 Å². The molecule has 0 bridgehead atoms. The Kier molecular flexibility index (Phi) is 4.95. The van der Waals surface area contributed by atoms with Crippen molar-refractivity contribution in [2.24, 2.45) is 5.73 Å². The van der Waals surface area contributed by atoms with Gasteiger partial charge in [0.05, 0.1) is 17.8 Å². The van der Waals surface area contributed by atoms with E-state index >= 15 is 0 Å². The van der Waals surface area contributed by atoms with Gasteiger partial charge in [-0.25, -0.2) is 8.42 Å². The molecule has 2 rings (SSSR count). The molecular formula is C13H14Cl2N2O3S. The minimum absolute atomic E-state index is 0.0249. The van der Waals surface area contributed by atoms with E-state index in [0.717, 1.165) is 4.31 Å². The average Bonchev–Trinajstić information content (AvgIpc) is 2.91. The van der Waals surface area contributed by atoms with Gasteiger partial charge >= 0.3 is 0 Å². The van der Waals surface area contributed by atoms with Crippen molar-refractivity contribution in [1.29, 1.82) is 0 Å². The minimum atomic E-state index is -3.77. The van der Waals surface area contributed by atoms with Crippen LogP contribution in [0.4, 0.5) is 0 Å². The molecule has 0 spiro atoms. The fraction of sp³-hybridized carbons (Fsp3) is 0.231. The molecule has 1 heterocycles. The van der Waals surface area contributed by atoms with Gasteiger partial charge in [-0.3, -0.25) is 0 Å². The third-order valence-electron chi connectivity index (χ3n) is 3.00. The molecule has 0 fully saturated rings. The highest BCUT2D eigenvalue weighted by Crippen LogP contribution is 2.32. The zero-order valence-corrected chi connectivity index (χ0v) is 13.5. The van der Waals surface area contributed by atoms with E-state index in [9.17, 15) is 8.42 Å². The molecule has 0 saturated carbocycles. The molecule has 5 nitrogen and oxygen atoms in total. The summed E-state index contributed by atoms with van der Waals surface area (Å²) in [5.41, 5.74) is 5.97. The lowest BCUT2D eigenvalue weighted by atomic mass is 10.2. The van der Waals surface area contributed by atoms with Gasteiger partial charge in [0, 0.05) is 24.2 Å². The average molecular weight is 349 g/mol. The third-order valence-corrected chi connectivity index (χ3v) is 5.75. The summed E-state index contributed by atoms with van der Waals surface area (Å²) in [6.07, 6.45) is 1.48. The number of rotatable bonds is 5. The van der Waals surface area contributed by atoms with Crippen LogP contribution in [0.5, 0.6) is 0 Å². The normalized spacial score (nSPS) is 12.0. The van der Waals surface area contributed by atoms with E-state index < -0.39 is 10.0 Å². The zero-order chi connectivity index (χ0) is 15.6. The second-order valence-electron chi connectivity index (χ2n) is 4.38. The molecule has 21 heavy (non-hydrogen) atoms. The van der Waals surface area contributed by atoms with Crippen LogP contribution >= 0.6 is 23.2 Å². The smallest absolute Gasteiger partial charge is 0.244 e. The van der Waals surface area contributed by atoms with Crippen molar-refractivity contribution < 1.29 is 12.8 Å². The lowest BCUT2D eigenvalue weighted by Crippen LogP contribution is -2.27. The van der Waals surface area contributed by atoms with E-state index in [1.54, 1.807) is 12.1 Å². The van der Waals surface area contributed by atoms with Crippen LogP contribution in [-0.4, -0.2) is 19.8 Å². The van der Waals surface area contributed by atoms with E-state index in [4.69, 9.17) is 33.4 Å². The molecule has 0 saturated heterocycles. The van der Waals surface area contributed by atoms with Gasteiger partial charge in [0.25, 0.3) is 0 Å². The van der Waals surface area contributed by atoms with Crippen molar-refractivity contribution in [1.82, 2.24) is 4.31 Å². The van der Waals surface area contributed by atoms with Crippen LogP contribution in [0.1, 0.15) is 11.3 Å². The predicted molar refractivity (Wildman–Crippen MR) is 81.7 cm³/mol. The summed E-state index contributed by atoms with van der Waals surface area (Å²) < 4.78 is 31.5. The molecule has 0 unspecified atom stereocenters. The third kappa shape index (κ3) is 3.25. The molecule has 8 heteroatoms. The lowest BCUT2D eigenvalue weighted by Gasteiger charge is -2.18. The molecule has 0 radical (unpaired) electrons. The molecule has 0 amide bonds. The molecule has 2 aromatic rings. The predicted octanol–water partition coefficient (Wildman–Crippen LogP) is 2.87. The quantitative estimate of drug-likeness (QED) is 0.901. The van der Waals surface area contributed by atoms with Crippen LogP contribution in [0.2, 0.25) is 10.0 Å². The second-order valence-corrected chi connectivity index (χ2v) is 7.18. The van der Waals surface area contributed by atoms with E-state index in [2.05, 4.69) is 0 Å². The van der Waals surface area contributed by atoms with Crippen molar-refractivity contribution in [2.75, 3.05) is 7.05 Å². The number of nitrogens with two attached hydrogens (primary N) is 1. The first kappa shape index (κ1) is 16.3. The first-order chi connectivity index (χ1) is 9.87. The first-order valence-electron chi connectivity index (χ1n) is 6.03. The van der Waals surface area contributed by atoms with Gasteiger partial charge in [0.2, 0.25) is 10.0 Å². The Morgan fingerprint density at radius 2 is 2.00 bits per heavy atom. The summed E-state index contributed by atoms with van der Waals surface area (Å²) >= 11 is 12.1. The largest absolute Gasteiger partial charge is 0.468 e. The summed E-state index contributed by atoms with van der Waals surface area (Å²) in [4.78, 5) is -0.0249. The summed E-state index contributed by atoms with van der Waals surface area (Å²) in [5, 5.41) is 0.395. The van der Waals surface area contributed by atoms with Gasteiger partial charge in [0.1, 0.15) is 10.7 Å². The fourth-order valence-electron chi connectivity index (χ4n) is 1.84.